The molecule has 1 nitrogen and oxygen atoms in total. The summed E-state index contributed by atoms with van der Waals surface area (Å²) in [6.45, 7) is 0. The van der Waals surface area contributed by atoms with Crippen LogP contribution in [0.15, 0.2) is 16.8 Å². The molecule has 1 aliphatic rings. The van der Waals surface area contributed by atoms with Crippen LogP contribution in [0.1, 0.15) is 24.8 Å². The first kappa shape index (κ1) is 10.5. The third kappa shape index (κ3) is 2.75. The van der Waals surface area contributed by atoms with Gasteiger partial charge in [0.15, 0.2) is 0 Å². The van der Waals surface area contributed by atoms with Crippen molar-refractivity contribution in [1.82, 2.24) is 0 Å². The van der Waals surface area contributed by atoms with Crippen LogP contribution in [0.25, 0.3) is 0 Å². The molecule has 0 aromatic carbocycles. The summed E-state index contributed by atoms with van der Waals surface area (Å²) >= 11 is 3.66. The van der Waals surface area contributed by atoms with E-state index >= 15 is 0 Å². The van der Waals surface area contributed by atoms with Crippen molar-refractivity contribution >= 4 is 23.1 Å². The molecular formula is C11H16OS2. The Labute approximate surface area is 93.5 Å². The highest BCUT2D eigenvalue weighted by Gasteiger charge is 2.22. The number of aliphatic hydroxyl groups is 1. The largest absolute Gasteiger partial charge is 0.392 e. The molecule has 78 valence electrons. The van der Waals surface area contributed by atoms with E-state index in [4.69, 9.17) is 0 Å². The van der Waals surface area contributed by atoms with Crippen molar-refractivity contribution in [2.45, 2.75) is 37.0 Å². The first-order valence-corrected chi connectivity index (χ1v) is 7.16. The van der Waals surface area contributed by atoms with Crippen molar-refractivity contribution in [2.24, 2.45) is 0 Å². The highest BCUT2D eigenvalue weighted by molar-refractivity contribution is 8.00. The summed E-state index contributed by atoms with van der Waals surface area (Å²) in [5.41, 5.74) is 1.29. The van der Waals surface area contributed by atoms with Gasteiger partial charge >= 0.3 is 0 Å². The Hall–Kier alpha value is 0.01000. The van der Waals surface area contributed by atoms with E-state index in [-0.39, 0.29) is 6.10 Å². The first-order chi connectivity index (χ1) is 6.86. The van der Waals surface area contributed by atoms with E-state index in [2.05, 4.69) is 16.8 Å². The molecule has 2 rings (SSSR count). The van der Waals surface area contributed by atoms with Crippen LogP contribution in [0.2, 0.25) is 0 Å². The minimum Gasteiger partial charge on any atom is -0.392 e. The molecule has 14 heavy (non-hydrogen) atoms. The molecule has 1 aliphatic heterocycles. The van der Waals surface area contributed by atoms with Crippen molar-refractivity contribution in [3.05, 3.63) is 22.4 Å². The normalized spacial score (nSPS) is 24.8. The van der Waals surface area contributed by atoms with Crippen LogP contribution >= 0.6 is 23.1 Å². The molecule has 0 saturated carbocycles. The number of rotatable bonds is 3. The van der Waals surface area contributed by atoms with Gasteiger partial charge in [0, 0.05) is 11.7 Å². The van der Waals surface area contributed by atoms with Crippen molar-refractivity contribution in [1.29, 1.82) is 0 Å². The van der Waals surface area contributed by atoms with Gasteiger partial charge in [-0.05, 0) is 41.0 Å². The van der Waals surface area contributed by atoms with Gasteiger partial charge in [0.25, 0.3) is 0 Å². The Morgan fingerprint density at radius 1 is 1.50 bits per heavy atom. The zero-order chi connectivity index (χ0) is 9.80. The Balaban J connectivity index is 1.85. The van der Waals surface area contributed by atoms with Crippen LogP contribution in [0.3, 0.4) is 0 Å². The van der Waals surface area contributed by atoms with Crippen molar-refractivity contribution < 1.29 is 5.11 Å². The molecular weight excluding hydrogens is 212 g/mol. The van der Waals surface area contributed by atoms with Crippen LogP contribution in [-0.2, 0) is 6.42 Å². The van der Waals surface area contributed by atoms with E-state index in [1.54, 1.807) is 11.3 Å². The summed E-state index contributed by atoms with van der Waals surface area (Å²) in [5.74, 6) is 1.23. The molecule has 1 fully saturated rings. The predicted octanol–water partition coefficient (Wildman–Crippen LogP) is 2.94. The van der Waals surface area contributed by atoms with E-state index in [1.807, 2.05) is 11.8 Å². The predicted molar refractivity (Wildman–Crippen MR) is 64.1 cm³/mol. The molecule has 0 spiro atoms. The molecule has 3 heteroatoms. The molecule has 0 amide bonds. The topological polar surface area (TPSA) is 20.2 Å². The SMILES string of the molecule is OC(Cc1ccsc1)C1CCCCS1. The van der Waals surface area contributed by atoms with Gasteiger partial charge in [0.2, 0.25) is 0 Å². The maximum absolute atomic E-state index is 10.0. The first-order valence-electron chi connectivity index (χ1n) is 5.17. The monoisotopic (exact) mass is 228 g/mol. The van der Waals surface area contributed by atoms with Crippen molar-refractivity contribution in [3.63, 3.8) is 0 Å². The van der Waals surface area contributed by atoms with Crippen LogP contribution in [0.5, 0.6) is 0 Å². The highest BCUT2D eigenvalue weighted by Crippen LogP contribution is 2.29. The average Bonchev–Trinajstić information content (AvgIpc) is 2.72. The third-order valence-electron chi connectivity index (χ3n) is 2.67. The van der Waals surface area contributed by atoms with Crippen LogP contribution in [0, 0.1) is 0 Å². The van der Waals surface area contributed by atoms with Gasteiger partial charge in [0.05, 0.1) is 6.10 Å². The Morgan fingerprint density at radius 3 is 3.07 bits per heavy atom. The Bertz CT molecular complexity index is 252. The van der Waals surface area contributed by atoms with Gasteiger partial charge in [-0.3, -0.25) is 0 Å². The average molecular weight is 228 g/mol. The smallest absolute Gasteiger partial charge is 0.0699 e. The molecule has 1 saturated heterocycles. The van der Waals surface area contributed by atoms with E-state index < -0.39 is 0 Å². The van der Waals surface area contributed by atoms with Gasteiger partial charge in [-0.25, -0.2) is 0 Å². The lowest BCUT2D eigenvalue weighted by molar-refractivity contribution is 0.166. The fraction of sp³-hybridized carbons (Fsp3) is 0.636. The van der Waals surface area contributed by atoms with E-state index in [0.717, 1.165) is 6.42 Å². The lowest BCUT2D eigenvalue weighted by Gasteiger charge is -2.25. The lowest BCUT2D eigenvalue weighted by Crippen LogP contribution is -2.27. The molecule has 2 unspecified atom stereocenters. The van der Waals surface area contributed by atoms with Crippen LogP contribution in [-0.4, -0.2) is 22.2 Å². The van der Waals surface area contributed by atoms with Crippen molar-refractivity contribution in [3.8, 4) is 0 Å². The second kappa shape index (κ2) is 5.19. The summed E-state index contributed by atoms with van der Waals surface area (Å²) in [4.78, 5) is 0. The minimum atomic E-state index is -0.144. The quantitative estimate of drug-likeness (QED) is 0.858. The summed E-state index contributed by atoms with van der Waals surface area (Å²) in [5, 5.41) is 14.7. The summed E-state index contributed by atoms with van der Waals surface area (Å²) in [7, 11) is 0. The zero-order valence-electron chi connectivity index (χ0n) is 8.19. The van der Waals surface area contributed by atoms with Gasteiger partial charge < -0.3 is 5.11 Å². The van der Waals surface area contributed by atoms with Crippen molar-refractivity contribution in [2.75, 3.05) is 5.75 Å². The maximum Gasteiger partial charge on any atom is 0.0699 e. The Morgan fingerprint density at radius 2 is 2.43 bits per heavy atom. The Kier molecular flexibility index (Phi) is 3.90. The van der Waals surface area contributed by atoms with E-state index in [0.29, 0.717) is 5.25 Å². The number of thiophene rings is 1. The third-order valence-corrected chi connectivity index (χ3v) is 4.90. The fourth-order valence-corrected chi connectivity index (χ4v) is 3.86. The zero-order valence-corrected chi connectivity index (χ0v) is 9.82. The number of thioether (sulfide) groups is 1. The fourth-order valence-electron chi connectivity index (χ4n) is 1.85. The molecule has 2 heterocycles. The molecule has 1 aromatic rings. The molecule has 1 N–H and O–H groups in total. The minimum absolute atomic E-state index is 0.144. The van der Waals surface area contributed by atoms with Gasteiger partial charge in [-0.2, -0.15) is 23.1 Å². The summed E-state index contributed by atoms with van der Waals surface area (Å²) < 4.78 is 0. The highest BCUT2D eigenvalue weighted by atomic mass is 32.2. The van der Waals surface area contributed by atoms with Crippen LogP contribution in [0.4, 0.5) is 0 Å². The number of aliphatic hydroxyl groups excluding tert-OH is 1. The van der Waals surface area contributed by atoms with Gasteiger partial charge in [0.1, 0.15) is 0 Å². The van der Waals surface area contributed by atoms with Crippen LogP contribution < -0.4 is 0 Å². The lowest BCUT2D eigenvalue weighted by atomic mass is 10.0. The summed E-state index contributed by atoms with van der Waals surface area (Å²) in [6, 6.07) is 2.11. The standard InChI is InChI=1S/C11H16OS2/c12-10(7-9-4-6-13-8-9)11-3-1-2-5-14-11/h4,6,8,10-12H,1-3,5,7H2. The number of hydrogen-bond donors (Lipinski definition) is 1. The second-order valence-corrected chi connectivity index (χ2v) is 5.94. The molecule has 1 aromatic heterocycles. The molecule has 0 aliphatic carbocycles. The molecule has 0 radical (unpaired) electrons. The summed E-state index contributed by atoms with van der Waals surface area (Å²) in [6.07, 6.45) is 4.50. The van der Waals surface area contributed by atoms with E-state index in [9.17, 15) is 5.11 Å². The van der Waals surface area contributed by atoms with Gasteiger partial charge in [-0.15, -0.1) is 0 Å². The van der Waals surface area contributed by atoms with E-state index in [1.165, 1.54) is 30.6 Å². The maximum atomic E-state index is 10.0. The molecule has 0 bridgehead atoms. The second-order valence-electron chi connectivity index (χ2n) is 3.81. The molecule has 2 atom stereocenters. The number of hydrogen-bond acceptors (Lipinski definition) is 3. The van der Waals surface area contributed by atoms with Gasteiger partial charge in [-0.1, -0.05) is 6.42 Å².